The smallest absolute Gasteiger partial charge is 0.313 e. The van der Waals surface area contributed by atoms with Gasteiger partial charge in [-0.3, -0.25) is 9.59 Å². The number of rotatable bonds is 7. The maximum atomic E-state index is 12.1. The second kappa shape index (κ2) is 9.43. The van der Waals surface area contributed by atoms with Gasteiger partial charge in [0.1, 0.15) is 11.5 Å². The standard InChI is InChI=1S/C20H23ClN2O5/c1-20(26,11-13-4-7-15(27-2)8-5-13)12-22-18(24)19(25)23-16-10-14(21)6-9-17(16)28-3/h4-10,26H,11-12H2,1-3H3,(H,22,24)(H,23,25)/t20-/m1/s1. The van der Waals surface area contributed by atoms with Gasteiger partial charge in [-0.15, -0.1) is 0 Å². The van der Waals surface area contributed by atoms with E-state index in [-0.39, 0.29) is 12.2 Å². The predicted octanol–water partition coefficient (Wildman–Crippen LogP) is 2.41. The number of carbonyl (C=O) groups is 2. The number of hydrogen-bond donors (Lipinski definition) is 3. The van der Waals surface area contributed by atoms with Crippen molar-refractivity contribution in [2.75, 3.05) is 26.1 Å². The summed E-state index contributed by atoms with van der Waals surface area (Å²) < 4.78 is 10.2. The third-order valence-corrected chi connectivity index (χ3v) is 4.22. The normalized spacial score (nSPS) is 12.6. The summed E-state index contributed by atoms with van der Waals surface area (Å²) in [6.45, 7) is 1.48. The van der Waals surface area contributed by atoms with E-state index in [1.54, 1.807) is 38.3 Å². The van der Waals surface area contributed by atoms with E-state index in [2.05, 4.69) is 10.6 Å². The first-order valence-electron chi connectivity index (χ1n) is 8.52. The van der Waals surface area contributed by atoms with Crippen molar-refractivity contribution in [1.29, 1.82) is 0 Å². The van der Waals surface area contributed by atoms with E-state index in [0.717, 1.165) is 5.56 Å². The molecule has 0 unspecified atom stereocenters. The van der Waals surface area contributed by atoms with Gasteiger partial charge in [0.15, 0.2) is 0 Å². The Kier molecular flexibility index (Phi) is 7.25. The summed E-state index contributed by atoms with van der Waals surface area (Å²) in [7, 11) is 3.01. The molecule has 0 saturated heterocycles. The molecule has 0 aliphatic rings. The first-order valence-corrected chi connectivity index (χ1v) is 8.90. The fourth-order valence-corrected chi connectivity index (χ4v) is 2.73. The minimum absolute atomic E-state index is 0.0992. The van der Waals surface area contributed by atoms with Crippen molar-refractivity contribution in [3.8, 4) is 11.5 Å². The zero-order valence-corrected chi connectivity index (χ0v) is 16.7. The van der Waals surface area contributed by atoms with E-state index >= 15 is 0 Å². The minimum Gasteiger partial charge on any atom is -0.497 e. The first kappa shape index (κ1) is 21.5. The van der Waals surface area contributed by atoms with Crippen molar-refractivity contribution < 1.29 is 24.2 Å². The number of aliphatic hydroxyl groups is 1. The van der Waals surface area contributed by atoms with E-state index < -0.39 is 17.4 Å². The topological polar surface area (TPSA) is 96.9 Å². The van der Waals surface area contributed by atoms with E-state index in [0.29, 0.717) is 22.9 Å². The third-order valence-electron chi connectivity index (χ3n) is 3.99. The average Bonchev–Trinajstić information content (AvgIpc) is 2.66. The van der Waals surface area contributed by atoms with Crippen LogP contribution < -0.4 is 20.1 Å². The van der Waals surface area contributed by atoms with Gasteiger partial charge in [0.25, 0.3) is 0 Å². The van der Waals surface area contributed by atoms with Gasteiger partial charge in [-0.1, -0.05) is 23.7 Å². The Bertz CT molecular complexity index is 837. The molecular weight excluding hydrogens is 384 g/mol. The molecule has 0 spiro atoms. The highest BCUT2D eigenvalue weighted by Crippen LogP contribution is 2.27. The summed E-state index contributed by atoms with van der Waals surface area (Å²) in [4.78, 5) is 24.2. The van der Waals surface area contributed by atoms with Crippen LogP contribution in [0.15, 0.2) is 42.5 Å². The van der Waals surface area contributed by atoms with Gasteiger partial charge in [0.05, 0.1) is 25.5 Å². The second-order valence-electron chi connectivity index (χ2n) is 6.50. The monoisotopic (exact) mass is 406 g/mol. The van der Waals surface area contributed by atoms with Crippen molar-refractivity contribution in [1.82, 2.24) is 5.32 Å². The van der Waals surface area contributed by atoms with Gasteiger partial charge < -0.3 is 25.2 Å². The van der Waals surface area contributed by atoms with Gasteiger partial charge >= 0.3 is 11.8 Å². The van der Waals surface area contributed by atoms with Crippen molar-refractivity contribution in [2.45, 2.75) is 18.9 Å². The molecule has 0 bridgehead atoms. The van der Waals surface area contributed by atoms with Crippen LogP contribution in [-0.2, 0) is 16.0 Å². The fraction of sp³-hybridized carbons (Fsp3) is 0.300. The quantitative estimate of drug-likeness (QED) is 0.613. The van der Waals surface area contributed by atoms with Crippen LogP contribution in [0.2, 0.25) is 5.02 Å². The van der Waals surface area contributed by atoms with Gasteiger partial charge in [-0.2, -0.15) is 0 Å². The van der Waals surface area contributed by atoms with Gasteiger partial charge in [-0.25, -0.2) is 0 Å². The lowest BCUT2D eigenvalue weighted by atomic mass is 9.96. The molecule has 150 valence electrons. The zero-order valence-electron chi connectivity index (χ0n) is 15.9. The molecule has 0 aromatic heterocycles. The highest BCUT2D eigenvalue weighted by molar-refractivity contribution is 6.40. The van der Waals surface area contributed by atoms with Crippen LogP contribution in [-0.4, -0.2) is 43.3 Å². The molecule has 1 atom stereocenters. The number of ether oxygens (including phenoxy) is 2. The van der Waals surface area contributed by atoms with Crippen LogP contribution in [0, 0.1) is 0 Å². The van der Waals surface area contributed by atoms with Crippen molar-refractivity contribution in [3.05, 3.63) is 53.1 Å². The number of hydrogen-bond acceptors (Lipinski definition) is 5. The summed E-state index contributed by atoms with van der Waals surface area (Å²) in [5.74, 6) is -0.681. The molecule has 0 saturated carbocycles. The number of carbonyl (C=O) groups excluding carboxylic acids is 2. The first-order chi connectivity index (χ1) is 13.2. The van der Waals surface area contributed by atoms with Crippen LogP contribution in [0.1, 0.15) is 12.5 Å². The number of amides is 2. The molecule has 0 aliphatic carbocycles. The Morgan fingerprint density at radius 3 is 2.36 bits per heavy atom. The molecule has 2 aromatic carbocycles. The molecule has 2 rings (SSSR count). The average molecular weight is 407 g/mol. The van der Waals surface area contributed by atoms with Crippen LogP contribution in [0.4, 0.5) is 5.69 Å². The summed E-state index contributed by atoms with van der Waals surface area (Å²) in [6.07, 6.45) is 0.293. The van der Waals surface area contributed by atoms with E-state index in [1.165, 1.54) is 13.2 Å². The molecular formula is C20H23ClN2O5. The van der Waals surface area contributed by atoms with Gasteiger partial charge in [0, 0.05) is 18.0 Å². The summed E-state index contributed by atoms with van der Waals surface area (Å²) >= 11 is 5.91. The number of nitrogens with one attached hydrogen (secondary N) is 2. The number of anilines is 1. The lowest BCUT2D eigenvalue weighted by molar-refractivity contribution is -0.136. The summed E-state index contributed by atoms with van der Waals surface area (Å²) in [6, 6.07) is 11.9. The Labute approximate surface area is 168 Å². The molecule has 0 fully saturated rings. The largest absolute Gasteiger partial charge is 0.497 e. The highest BCUT2D eigenvalue weighted by Gasteiger charge is 2.24. The summed E-state index contributed by atoms with van der Waals surface area (Å²) in [5, 5.41) is 15.8. The zero-order chi connectivity index (χ0) is 20.7. The third kappa shape index (κ3) is 6.14. The molecule has 0 radical (unpaired) electrons. The fourth-order valence-electron chi connectivity index (χ4n) is 2.55. The lowest BCUT2D eigenvalue weighted by Crippen LogP contribution is -2.45. The van der Waals surface area contributed by atoms with Crippen molar-refractivity contribution in [2.24, 2.45) is 0 Å². The molecule has 2 aromatic rings. The maximum Gasteiger partial charge on any atom is 0.313 e. The number of halogens is 1. The van der Waals surface area contributed by atoms with Crippen LogP contribution >= 0.6 is 11.6 Å². The molecule has 7 nitrogen and oxygen atoms in total. The molecule has 8 heteroatoms. The Morgan fingerprint density at radius 2 is 1.75 bits per heavy atom. The second-order valence-corrected chi connectivity index (χ2v) is 6.94. The molecule has 2 amide bonds. The Balaban J connectivity index is 1.92. The van der Waals surface area contributed by atoms with E-state index in [4.69, 9.17) is 21.1 Å². The highest BCUT2D eigenvalue weighted by atomic mass is 35.5. The van der Waals surface area contributed by atoms with Gasteiger partial charge in [0.2, 0.25) is 0 Å². The molecule has 0 aliphatic heterocycles. The van der Waals surface area contributed by atoms with Crippen LogP contribution in [0.3, 0.4) is 0 Å². The van der Waals surface area contributed by atoms with Crippen molar-refractivity contribution >= 4 is 29.1 Å². The van der Waals surface area contributed by atoms with E-state index in [9.17, 15) is 14.7 Å². The molecule has 0 heterocycles. The summed E-state index contributed by atoms with van der Waals surface area (Å²) in [5.41, 5.74) is -0.0912. The Hall–Kier alpha value is -2.77. The minimum atomic E-state index is -1.24. The van der Waals surface area contributed by atoms with Crippen LogP contribution in [0.25, 0.3) is 0 Å². The SMILES string of the molecule is COc1ccc(C[C@@](C)(O)CNC(=O)C(=O)Nc2cc(Cl)ccc2OC)cc1. The number of methoxy groups -OCH3 is 2. The van der Waals surface area contributed by atoms with E-state index in [1.807, 2.05) is 12.1 Å². The maximum absolute atomic E-state index is 12.1. The van der Waals surface area contributed by atoms with Crippen molar-refractivity contribution in [3.63, 3.8) is 0 Å². The van der Waals surface area contributed by atoms with Gasteiger partial charge in [-0.05, 0) is 42.8 Å². The Morgan fingerprint density at radius 1 is 1.07 bits per heavy atom. The predicted molar refractivity (Wildman–Crippen MR) is 107 cm³/mol. The molecule has 3 N–H and O–H groups in total. The van der Waals surface area contributed by atoms with Crippen LogP contribution in [0.5, 0.6) is 11.5 Å². The lowest BCUT2D eigenvalue weighted by Gasteiger charge is -2.23. The number of benzene rings is 2. The molecule has 28 heavy (non-hydrogen) atoms.